The summed E-state index contributed by atoms with van der Waals surface area (Å²) < 4.78 is 0. The number of hydrogen-bond donors (Lipinski definition) is 1. The maximum atomic E-state index is 10.9. The molecule has 2 nitrogen and oxygen atoms in total. The molecule has 0 saturated heterocycles. The molecule has 13 heavy (non-hydrogen) atoms. The van der Waals surface area contributed by atoms with E-state index in [9.17, 15) is 4.79 Å². The first-order valence-electron chi connectivity index (χ1n) is 4.04. The minimum absolute atomic E-state index is 0.137. The van der Waals surface area contributed by atoms with Crippen LogP contribution in [-0.2, 0) is 4.79 Å². The van der Waals surface area contributed by atoms with Crippen LogP contribution in [0.15, 0.2) is 42.1 Å². The first kappa shape index (κ1) is 8.38. The lowest BCUT2D eigenvalue weighted by Crippen LogP contribution is -1.98. The molecule has 0 amide bonds. The number of carbonyl (C=O) groups is 1. The Balaban J connectivity index is 2.07. The summed E-state index contributed by atoms with van der Waals surface area (Å²) in [5.74, 6) is 0.758. The molecule has 1 N–H and O–H groups in total. The third kappa shape index (κ3) is 2.12. The predicted octanol–water partition coefficient (Wildman–Crippen LogP) is 2.26. The first-order chi connectivity index (χ1) is 6.34. The number of carbonyl (C=O) groups excluding carboxylic acids is 1. The first-order valence-corrected chi connectivity index (χ1v) is 5.02. The largest absolute Gasteiger partial charge is 0.358 e. The summed E-state index contributed by atoms with van der Waals surface area (Å²) in [6, 6.07) is 9.86. The highest BCUT2D eigenvalue weighted by atomic mass is 32.2. The van der Waals surface area contributed by atoms with Gasteiger partial charge in [0.25, 0.3) is 0 Å². The van der Waals surface area contributed by atoms with E-state index in [0.29, 0.717) is 0 Å². The van der Waals surface area contributed by atoms with E-state index in [2.05, 4.69) is 5.32 Å². The quantitative estimate of drug-likeness (QED) is 0.777. The Morgan fingerprint density at radius 2 is 2.00 bits per heavy atom. The average Bonchev–Trinajstić information content (AvgIpc) is 2.53. The monoisotopic (exact) mass is 191 g/mol. The fraction of sp³-hybridized carbons (Fsp3) is 0.100. The van der Waals surface area contributed by atoms with Gasteiger partial charge < -0.3 is 5.32 Å². The van der Waals surface area contributed by atoms with Crippen molar-refractivity contribution in [3.8, 4) is 0 Å². The average molecular weight is 191 g/mol. The van der Waals surface area contributed by atoms with E-state index in [0.717, 1.165) is 17.1 Å². The number of nitrogens with one attached hydrogen (secondary N) is 1. The van der Waals surface area contributed by atoms with E-state index in [4.69, 9.17) is 0 Å². The number of anilines is 1. The number of para-hydroxylation sites is 1. The summed E-state index contributed by atoms with van der Waals surface area (Å²) in [4.78, 5) is 10.9. The van der Waals surface area contributed by atoms with Crippen molar-refractivity contribution in [3.05, 3.63) is 42.1 Å². The van der Waals surface area contributed by atoms with Crippen LogP contribution in [-0.4, -0.2) is 10.9 Å². The summed E-state index contributed by atoms with van der Waals surface area (Å²) in [5, 5.41) is 3.33. The zero-order valence-electron chi connectivity index (χ0n) is 6.99. The Morgan fingerprint density at radius 3 is 2.62 bits per heavy atom. The molecule has 0 saturated carbocycles. The SMILES string of the molecule is O=C1C=C(Nc2ccccc2)CS1. The van der Waals surface area contributed by atoms with E-state index in [1.165, 1.54) is 11.8 Å². The van der Waals surface area contributed by atoms with Gasteiger partial charge in [0, 0.05) is 23.2 Å². The molecule has 2 rings (SSSR count). The van der Waals surface area contributed by atoms with Gasteiger partial charge in [0.1, 0.15) is 0 Å². The molecule has 0 bridgehead atoms. The van der Waals surface area contributed by atoms with Gasteiger partial charge in [-0.15, -0.1) is 0 Å². The second-order valence-corrected chi connectivity index (χ2v) is 3.75. The van der Waals surface area contributed by atoms with Crippen LogP contribution in [0.1, 0.15) is 0 Å². The lowest BCUT2D eigenvalue weighted by molar-refractivity contribution is -0.106. The number of hydrogen-bond acceptors (Lipinski definition) is 3. The molecule has 0 spiro atoms. The van der Waals surface area contributed by atoms with Crippen molar-refractivity contribution < 1.29 is 4.79 Å². The zero-order valence-corrected chi connectivity index (χ0v) is 7.80. The second-order valence-electron chi connectivity index (χ2n) is 2.77. The van der Waals surface area contributed by atoms with Crippen molar-refractivity contribution >= 4 is 22.6 Å². The molecule has 1 aromatic carbocycles. The Morgan fingerprint density at radius 1 is 1.23 bits per heavy atom. The van der Waals surface area contributed by atoms with Crippen molar-refractivity contribution in [2.24, 2.45) is 0 Å². The smallest absolute Gasteiger partial charge is 0.214 e. The molecule has 1 aliphatic rings. The summed E-state index contributed by atoms with van der Waals surface area (Å²) in [5.41, 5.74) is 2.02. The molecule has 0 aliphatic carbocycles. The van der Waals surface area contributed by atoms with Crippen molar-refractivity contribution in [3.63, 3.8) is 0 Å². The van der Waals surface area contributed by atoms with Crippen LogP contribution in [0, 0.1) is 0 Å². The van der Waals surface area contributed by atoms with E-state index in [1.54, 1.807) is 6.08 Å². The topological polar surface area (TPSA) is 29.1 Å². The maximum absolute atomic E-state index is 10.9. The highest BCUT2D eigenvalue weighted by Gasteiger charge is 2.11. The van der Waals surface area contributed by atoms with Gasteiger partial charge in [-0.2, -0.15) is 0 Å². The number of rotatable bonds is 2. The van der Waals surface area contributed by atoms with Crippen LogP contribution in [0.25, 0.3) is 0 Å². The molecule has 0 radical (unpaired) electrons. The highest BCUT2D eigenvalue weighted by Crippen LogP contribution is 2.20. The summed E-state index contributed by atoms with van der Waals surface area (Å²) >= 11 is 1.33. The van der Waals surface area contributed by atoms with Crippen molar-refractivity contribution in [2.75, 3.05) is 11.1 Å². The van der Waals surface area contributed by atoms with Crippen LogP contribution >= 0.6 is 11.8 Å². The number of thioether (sulfide) groups is 1. The minimum atomic E-state index is 0.137. The standard InChI is InChI=1S/C10H9NOS/c12-10-6-9(7-13-10)11-8-4-2-1-3-5-8/h1-6,11H,7H2. The summed E-state index contributed by atoms with van der Waals surface area (Å²) in [7, 11) is 0. The molecular weight excluding hydrogens is 182 g/mol. The van der Waals surface area contributed by atoms with Crippen molar-refractivity contribution in [1.29, 1.82) is 0 Å². The molecule has 0 unspecified atom stereocenters. The van der Waals surface area contributed by atoms with Crippen molar-refractivity contribution in [2.45, 2.75) is 0 Å². The lowest BCUT2D eigenvalue weighted by Gasteiger charge is -2.04. The molecule has 66 valence electrons. The van der Waals surface area contributed by atoms with Gasteiger partial charge in [0.15, 0.2) is 0 Å². The molecular formula is C10H9NOS. The van der Waals surface area contributed by atoms with E-state index < -0.39 is 0 Å². The molecule has 0 fully saturated rings. The van der Waals surface area contributed by atoms with E-state index in [-0.39, 0.29) is 5.12 Å². The number of benzene rings is 1. The highest BCUT2D eigenvalue weighted by molar-refractivity contribution is 8.14. The molecule has 1 heterocycles. The molecule has 0 atom stereocenters. The van der Waals surface area contributed by atoms with E-state index in [1.807, 2.05) is 30.3 Å². The Labute approximate surface area is 81.0 Å². The van der Waals surface area contributed by atoms with Gasteiger partial charge in [-0.3, -0.25) is 4.79 Å². The molecule has 0 aromatic heterocycles. The maximum Gasteiger partial charge on any atom is 0.214 e. The summed E-state index contributed by atoms with van der Waals surface area (Å²) in [6.45, 7) is 0. The Bertz CT molecular complexity index is 345. The predicted molar refractivity (Wildman–Crippen MR) is 55.6 cm³/mol. The van der Waals surface area contributed by atoms with Gasteiger partial charge in [-0.05, 0) is 12.1 Å². The lowest BCUT2D eigenvalue weighted by atomic mass is 10.3. The Hall–Kier alpha value is -1.22. The third-order valence-corrected chi connectivity index (χ3v) is 2.60. The molecule has 1 aromatic rings. The third-order valence-electron chi connectivity index (χ3n) is 1.74. The van der Waals surface area contributed by atoms with Gasteiger partial charge in [-0.25, -0.2) is 0 Å². The van der Waals surface area contributed by atoms with Crippen molar-refractivity contribution in [1.82, 2.24) is 0 Å². The molecule has 3 heteroatoms. The Kier molecular flexibility index (Phi) is 2.36. The minimum Gasteiger partial charge on any atom is -0.358 e. The molecule has 1 aliphatic heterocycles. The van der Waals surface area contributed by atoms with Gasteiger partial charge in [0.05, 0.1) is 0 Å². The second kappa shape index (κ2) is 3.66. The van der Waals surface area contributed by atoms with Gasteiger partial charge in [0.2, 0.25) is 5.12 Å². The van der Waals surface area contributed by atoms with Crippen LogP contribution in [0.3, 0.4) is 0 Å². The van der Waals surface area contributed by atoms with Crippen LogP contribution < -0.4 is 5.32 Å². The van der Waals surface area contributed by atoms with Crippen LogP contribution in [0.2, 0.25) is 0 Å². The van der Waals surface area contributed by atoms with Crippen LogP contribution in [0.5, 0.6) is 0 Å². The van der Waals surface area contributed by atoms with Gasteiger partial charge >= 0.3 is 0 Å². The fourth-order valence-corrected chi connectivity index (χ4v) is 1.83. The summed E-state index contributed by atoms with van der Waals surface area (Å²) in [6.07, 6.45) is 1.65. The normalized spacial score (nSPS) is 15.7. The zero-order chi connectivity index (χ0) is 9.10. The van der Waals surface area contributed by atoms with Gasteiger partial charge in [-0.1, -0.05) is 30.0 Å². The van der Waals surface area contributed by atoms with E-state index >= 15 is 0 Å². The fourth-order valence-electron chi connectivity index (χ4n) is 1.15. The van der Waals surface area contributed by atoms with Crippen LogP contribution in [0.4, 0.5) is 5.69 Å².